The van der Waals surface area contributed by atoms with Gasteiger partial charge in [-0.3, -0.25) is 9.59 Å². The molecule has 1 aromatic heterocycles. The number of esters is 1. The van der Waals surface area contributed by atoms with Gasteiger partial charge in [0.25, 0.3) is 0 Å². The normalized spacial score (nSPS) is 13.9. The van der Waals surface area contributed by atoms with Gasteiger partial charge in [-0.2, -0.15) is 0 Å². The topological polar surface area (TPSA) is 95.0 Å². The van der Waals surface area contributed by atoms with Gasteiger partial charge in [-0.1, -0.05) is 39.0 Å². The van der Waals surface area contributed by atoms with Gasteiger partial charge in [-0.15, -0.1) is 0 Å². The van der Waals surface area contributed by atoms with Crippen LogP contribution in [0.5, 0.6) is 17.2 Å². The molecule has 0 saturated carbocycles. The SMILES string of the molecule is COc1ccnc(C(=O)C[C@H](C)C(=O)O[C@H](C)[C@H](Oc2ccccc2)C(C)C)c1O. The van der Waals surface area contributed by atoms with Crippen molar-refractivity contribution in [1.82, 2.24) is 4.98 Å². The van der Waals surface area contributed by atoms with Gasteiger partial charge in [0.05, 0.1) is 13.0 Å². The number of pyridine rings is 1. The molecule has 7 nitrogen and oxygen atoms in total. The standard InChI is InChI=1S/C23H29NO6/c1-14(2)22(30-17-9-7-6-8-10-17)16(4)29-23(27)15(3)13-18(25)20-21(26)19(28-5)11-12-24-20/h6-12,14-16,22,26H,13H2,1-5H3/t15-,16+,22+/m0/s1. The van der Waals surface area contributed by atoms with Crippen molar-refractivity contribution >= 4 is 11.8 Å². The number of Topliss-reactive ketones (excluding diaryl/α,β-unsaturated/α-hetero) is 1. The highest BCUT2D eigenvalue weighted by Crippen LogP contribution is 2.29. The Hall–Kier alpha value is -3.09. The third-order valence-electron chi connectivity index (χ3n) is 4.70. The summed E-state index contributed by atoms with van der Waals surface area (Å²) >= 11 is 0. The van der Waals surface area contributed by atoms with E-state index in [9.17, 15) is 14.7 Å². The zero-order valence-electron chi connectivity index (χ0n) is 18.0. The third kappa shape index (κ3) is 5.95. The summed E-state index contributed by atoms with van der Waals surface area (Å²) in [7, 11) is 1.38. The summed E-state index contributed by atoms with van der Waals surface area (Å²) in [6.45, 7) is 7.35. The molecule has 1 heterocycles. The molecular weight excluding hydrogens is 386 g/mol. The Morgan fingerprint density at radius 2 is 1.73 bits per heavy atom. The zero-order valence-corrected chi connectivity index (χ0v) is 18.0. The molecule has 0 aliphatic rings. The molecule has 0 aliphatic carbocycles. The minimum atomic E-state index is -0.711. The second-order valence-corrected chi connectivity index (χ2v) is 7.52. The van der Waals surface area contributed by atoms with Crippen LogP contribution in [0.4, 0.5) is 0 Å². The van der Waals surface area contributed by atoms with Crippen LogP contribution in [0.2, 0.25) is 0 Å². The molecule has 1 aromatic carbocycles. The van der Waals surface area contributed by atoms with E-state index >= 15 is 0 Å². The Bertz CT molecular complexity index is 852. The van der Waals surface area contributed by atoms with Crippen molar-refractivity contribution in [2.24, 2.45) is 11.8 Å². The number of ketones is 1. The van der Waals surface area contributed by atoms with E-state index in [4.69, 9.17) is 14.2 Å². The first-order chi connectivity index (χ1) is 14.2. The number of hydrogen-bond donors (Lipinski definition) is 1. The maximum absolute atomic E-state index is 12.6. The predicted octanol–water partition coefficient (Wildman–Crippen LogP) is 4.04. The fraction of sp³-hybridized carbons (Fsp3) is 0.435. The molecule has 0 radical (unpaired) electrons. The number of rotatable bonds is 10. The molecule has 0 fully saturated rings. The third-order valence-corrected chi connectivity index (χ3v) is 4.70. The average Bonchev–Trinajstić information content (AvgIpc) is 2.72. The Morgan fingerprint density at radius 3 is 2.33 bits per heavy atom. The van der Waals surface area contributed by atoms with Crippen LogP contribution in [0.25, 0.3) is 0 Å². The van der Waals surface area contributed by atoms with Gasteiger partial charge < -0.3 is 19.3 Å². The van der Waals surface area contributed by atoms with Crippen LogP contribution in [0.15, 0.2) is 42.6 Å². The Balaban J connectivity index is 2.00. The second kappa shape index (κ2) is 10.6. The number of benzene rings is 1. The number of aromatic nitrogens is 1. The number of carbonyl (C=O) groups excluding carboxylic acids is 2. The zero-order chi connectivity index (χ0) is 22.3. The van der Waals surface area contributed by atoms with E-state index in [1.807, 2.05) is 44.2 Å². The van der Waals surface area contributed by atoms with Crippen molar-refractivity contribution in [3.63, 3.8) is 0 Å². The summed E-state index contributed by atoms with van der Waals surface area (Å²) in [4.78, 5) is 29.0. The molecule has 0 bridgehead atoms. The first kappa shape index (κ1) is 23.2. The smallest absolute Gasteiger partial charge is 0.309 e. The first-order valence-corrected chi connectivity index (χ1v) is 9.91. The van der Waals surface area contributed by atoms with E-state index in [2.05, 4.69) is 4.98 Å². The van der Waals surface area contributed by atoms with Crippen LogP contribution in [-0.4, -0.2) is 41.2 Å². The quantitative estimate of drug-likeness (QED) is 0.462. The Morgan fingerprint density at radius 1 is 1.07 bits per heavy atom. The van der Waals surface area contributed by atoms with Gasteiger partial charge in [0.2, 0.25) is 0 Å². The molecule has 7 heteroatoms. The molecule has 2 aromatic rings. The number of nitrogens with zero attached hydrogens (tertiary/aromatic N) is 1. The van der Waals surface area contributed by atoms with Gasteiger partial charge in [0.1, 0.15) is 18.0 Å². The van der Waals surface area contributed by atoms with E-state index in [0.717, 1.165) is 0 Å². The van der Waals surface area contributed by atoms with Crippen LogP contribution < -0.4 is 9.47 Å². The van der Waals surface area contributed by atoms with Crippen molar-refractivity contribution in [1.29, 1.82) is 0 Å². The van der Waals surface area contributed by atoms with Crippen molar-refractivity contribution in [2.45, 2.75) is 46.3 Å². The van der Waals surface area contributed by atoms with Crippen molar-refractivity contribution < 1.29 is 28.9 Å². The van der Waals surface area contributed by atoms with Crippen LogP contribution in [-0.2, 0) is 9.53 Å². The van der Waals surface area contributed by atoms with Crippen molar-refractivity contribution in [2.75, 3.05) is 7.11 Å². The lowest BCUT2D eigenvalue weighted by Gasteiger charge is -2.29. The number of para-hydroxylation sites is 1. The van der Waals surface area contributed by atoms with Crippen LogP contribution in [0.3, 0.4) is 0 Å². The molecule has 0 aliphatic heterocycles. The molecule has 0 spiro atoms. The molecule has 1 N–H and O–H groups in total. The minimum absolute atomic E-state index is 0.0999. The number of hydrogen-bond acceptors (Lipinski definition) is 7. The van der Waals surface area contributed by atoms with Crippen LogP contribution in [0, 0.1) is 11.8 Å². The Kier molecular flexibility index (Phi) is 8.21. The number of methoxy groups -OCH3 is 1. The molecule has 162 valence electrons. The van der Waals surface area contributed by atoms with Gasteiger partial charge in [0, 0.05) is 18.7 Å². The van der Waals surface area contributed by atoms with Crippen LogP contribution in [0.1, 0.15) is 44.6 Å². The molecule has 3 atom stereocenters. The highest BCUT2D eigenvalue weighted by molar-refractivity contribution is 5.99. The second-order valence-electron chi connectivity index (χ2n) is 7.52. The summed E-state index contributed by atoms with van der Waals surface area (Å²) in [6, 6.07) is 10.8. The molecule has 2 rings (SSSR count). The lowest BCUT2D eigenvalue weighted by atomic mass is 10.0. The largest absolute Gasteiger partial charge is 0.503 e. The monoisotopic (exact) mass is 415 g/mol. The molecular formula is C23H29NO6. The van der Waals surface area contributed by atoms with Gasteiger partial charge in [0.15, 0.2) is 23.0 Å². The molecule has 0 unspecified atom stereocenters. The number of carbonyl (C=O) groups is 2. The fourth-order valence-corrected chi connectivity index (χ4v) is 3.06. The number of aromatic hydroxyl groups is 1. The van der Waals surface area contributed by atoms with Gasteiger partial charge >= 0.3 is 5.97 Å². The highest BCUT2D eigenvalue weighted by atomic mass is 16.6. The van der Waals surface area contributed by atoms with Gasteiger partial charge in [-0.05, 0) is 25.0 Å². The van der Waals surface area contributed by atoms with E-state index in [0.29, 0.717) is 5.75 Å². The first-order valence-electron chi connectivity index (χ1n) is 9.91. The summed E-state index contributed by atoms with van der Waals surface area (Å²) in [6.07, 6.45) is 0.359. The van der Waals surface area contributed by atoms with E-state index < -0.39 is 23.8 Å². The predicted molar refractivity (Wildman–Crippen MR) is 112 cm³/mol. The van der Waals surface area contributed by atoms with Crippen molar-refractivity contribution in [3.8, 4) is 17.2 Å². The van der Waals surface area contributed by atoms with Crippen molar-refractivity contribution in [3.05, 3.63) is 48.3 Å². The lowest BCUT2D eigenvalue weighted by molar-refractivity contribution is -0.158. The van der Waals surface area contributed by atoms with Crippen LogP contribution >= 0.6 is 0 Å². The minimum Gasteiger partial charge on any atom is -0.503 e. The summed E-state index contributed by atoms with van der Waals surface area (Å²) in [5, 5.41) is 10.1. The lowest BCUT2D eigenvalue weighted by Crippen LogP contribution is -2.38. The van der Waals surface area contributed by atoms with E-state index in [1.165, 1.54) is 19.4 Å². The number of ether oxygens (including phenoxy) is 3. The highest BCUT2D eigenvalue weighted by Gasteiger charge is 2.29. The molecule has 0 amide bonds. The summed E-state index contributed by atoms with van der Waals surface area (Å²) < 4.78 is 16.6. The van der Waals surface area contributed by atoms with E-state index in [1.54, 1.807) is 13.8 Å². The van der Waals surface area contributed by atoms with Gasteiger partial charge in [-0.25, -0.2) is 4.98 Å². The average molecular weight is 415 g/mol. The maximum Gasteiger partial charge on any atom is 0.309 e. The van der Waals surface area contributed by atoms with E-state index in [-0.39, 0.29) is 35.6 Å². The molecule has 30 heavy (non-hydrogen) atoms. The Labute approximate surface area is 177 Å². The summed E-state index contributed by atoms with van der Waals surface area (Å²) in [5.41, 5.74) is -0.130. The fourth-order valence-electron chi connectivity index (χ4n) is 3.06. The maximum atomic E-state index is 12.6. The summed E-state index contributed by atoms with van der Waals surface area (Å²) in [5.74, 6) is -1.09. The molecule has 0 saturated heterocycles.